The number of nitrogens with zero attached hydrogens (tertiary/aromatic N) is 2. The summed E-state index contributed by atoms with van der Waals surface area (Å²) >= 11 is 0. The lowest BCUT2D eigenvalue weighted by Gasteiger charge is -2.23. The fraction of sp³-hybridized carbons (Fsp3) is 0.552. The molecule has 5 nitrogen and oxygen atoms in total. The lowest BCUT2D eigenvalue weighted by Crippen LogP contribution is -2.35. The van der Waals surface area contributed by atoms with E-state index in [2.05, 4.69) is 55.0 Å². The van der Waals surface area contributed by atoms with E-state index in [1.807, 2.05) is 0 Å². The topological polar surface area (TPSA) is 42.0 Å². The molecular weight excluding hydrogens is 424 g/mol. The molecule has 0 bridgehead atoms. The van der Waals surface area contributed by atoms with Crippen LogP contribution in [0.15, 0.2) is 24.3 Å². The molecule has 0 N–H and O–H groups in total. The molecule has 2 aromatic rings. The number of aryl methyl sites for hydroxylation is 2. The number of hydrogen-bond acceptors (Lipinski definition) is 4. The van der Waals surface area contributed by atoms with Crippen LogP contribution in [0.1, 0.15) is 46.2 Å². The van der Waals surface area contributed by atoms with E-state index >= 15 is 0 Å². The SMILES string of the molecule is COc1cc2c(cc1OC)CC(CCN(C)CCCN1CCc3cc(C)c(C)cc3CC1=O)C2. The Kier molecular flexibility index (Phi) is 7.82. The van der Waals surface area contributed by atoms with Gasteiger partial charge in [0.15, 0.2) is 11.5 Å². The van der Waals surface area contributed by atoms with Crippen molar-refractivity contribution in [2.45, 2.75) is 52.4 Å². The van der Waals surface area contributed by atoms with Crippen molar-refractivity contribution in [3.05, 3.63) is 57.6 Å². The second-order valence-corrected chi connectivity index (χ2v) is 10.2. The maximum Gasteiger partial charge on any atom is 0.227 e. The van der Waals surface area contributed by atoms with E-state index in [-0.39, 0.29) is 5.91 Å². The van der Waals surface area contributed by atoms with Crippen molar-refractivity contribution >= 4 is 5.91 Å². The minimum absolute atomic E-state index is 0.277. The third kappa shape index (κ3) is 5.57. The van der Waals surface area contributed by atoms with Gasteiger partial charge in [-0.2, -0.15) is 0 Å². The summed E-state index contributed by atoms with van der Waals surface area (Å²) in [6.45, 7) is 8.10. The lowest BCUT2D eigenvalue weighted by atomic mass is 9.97. The Hall–Kier alpha value is -2.53. The van der Waals surface area contributed by atoms with E-state index < -0.39 is 0 Å². The van der Waals surface area contributed by atoms with E-state index in [1.165, 1.54) is 39.8 Å². The zero-order chi connectivity index (χ0) is 24.2. The Morgan fingerprint density at radius 1 is 0.912 bits per heavy atom. The van der Waals surface area contributed by atoms with Crippen LogP contribution in [-0.4, -0.2) is 63.2 Å². The van der Waals surface area contributed by atoms with Crippen molar-refractivity contribution in [1.82, 2.24) is 9.80 Å². The van der Waals surface area contributed by atoms with E-state index in [9.17, 15) is 4.79 Å². The first kappa shape index (κ1) is 24.6. The van der Waals surface area contributed by atoms with Crippen LogP contribution in [-0.2, 0) is 30.5 Å². The predicted octanol–water partition coefficient (Wildman–Crippen LogP) is 4.37. The molecule has 0 fully saturated rings. The summed E-state index contributed by atoms with van der Waals surface area (Å²) in [6.07, 6.45) is 5.96. The number of carbonyl (C=O) groups excluding carboxylic acids is 1. The van der Waals surface area contributed by atoms with Crippen LogP contribution in [0.2, 0.25) is 0 Å². The summed E-state index contributed by atoms with van der Waals surface area (Å²) < 4.78 is 10.9. The first-order valence-corrected chi connectivity index (χ1v) is 12.7. The molecule has 0 saturated carbocycles. The maximum absolute atomic E-state index is 12.8. The van der Waals surface area contributed by atoms with Crippen LogP contribution in [0.5, 0.6) is 11.5 Å². The molecule has 184 valence electrons. The molecule has 1 heterocycles. The molecule has 0 saturated heterocycles. The number of fused-ring (bicyclic) bond motifs is 2. The van der Waals surface area contributed by atoms with Gasteiger partial charge in [-0.3, -0.25) is 4.79 Å². The highest BCUT2D eigenvalue weighted by Crippen LogP contribution is 2.37. The molecule has 0 atom stereocenters. The summed E-state index contributed by atoms with van der Waals surface area (Å²) in [5.41, 5.74) is 7.98. The van der Waals surface area contributed by atoms with Crippen molar-refractivity contribution in [2.75, 3.05) is 47.4 Å². The zero-order valence-electron chi connectivity index (χ0n) is 21.6. The summed E-state index contributed by atoms with van der Waals surface area (Å²) in [7, 11) is 5.61. The molecule has 34 heavy (non-hydrogen) atoms. The fourth-order valence-electron chi connectivity index (χ4n) is 5.51. The van der Waals surface area contributed by atoms with Gasteiger partial charge in [-0.1, -0.05) is 12.1 Å². The second kappa shape index (κ2) is 10.8. The fourth-order valence-corrected chi connectivity index (χ4v) is 5.51. The molecule has 1 aliphatic heterocycles. The number of amides is 1. The average molecular weight is 465 g/mol. The Morgan fingerprint density at radius 2 is 1.53 bits per heavy atom. The molecule has 2 aromatic carbocycles. The lowest BCUT2D eigenvalue weighted by molar-refractivity contribution is -0.130. The Balaban J connectivity index is 1.20. The molecule has 5 heteroatoms. The predicted molar refractivity (Wildman–Crippen MR) is 137 cm³/mol. The summed E-state index contributed by atoms with van der Waals surface area (Å²) in [4.78, 5) is 17.3. The molecule has 1 amide bonds. The van der Waals surface area contributed by atoms with Gasteiger partial charge in [-0.25, -0.2) is 0 Å². The molecule has 0 unspecified atom stereocenters. The first-order valence-electron chi connectivity index (χ1n) is 12.7. The Bertz CT molecular complexity index is 1000. The summed E-state index contributed by atoms with van der Waals surface area (Å²) in [5.74, 6) is 2.61. The van der Waals surface area contributed by atoms with Crippen LogP contribution in [0, 0.1) is 19.8 Å². The molecule has 0 aromatic heterocycles. The van der Waals surface area contributed by atoms with Gasteiger partial charge < -0.3 is 19.3 Å². The third-order valence-corrected chi connectivity index (χ3v) is 7.77. The number of hydrogen-bond donors (Lipinski definition) is 0. The van der Waals surface area contributed by atoms with Crippen LogP contribution < -0.4 is 9.47 Å². The van der Waals surface area contributed by atoms with Gasteiger partial charge in [-0.15, -0.1) is 0 Å². The monoisotopic (exact) mass is 464 g/mol. The van der Waals surface area contributed by atoms with Crippen LogP contribution in [0.3, 0.4) is 0 Å². The van der Waals surface area contributed by atoms with Crippen molar-refractivity contribution in [2.24, 2.45) is 5.92 Å². The second-order valence-electron chi connectivity index (χ2n) is 10.2. The molecular formula is C29H40N2O3. The minimum atomic E-state index is 0.277. The largest absolute Gasteiger partial charge is 0.493 e. The molecule has 0 spiro atoms. The summed E-state index contributed by atoms with van der Waals surface area (Å²) in [5, 5.41) is 0. The quantitative estimate of drug-likeness (QED) is 0.553. The maximum atomic E-state index is 12.8. The molecule has 4 rings (SSSR count). The van der Waals surface area contributed by atoms with Crippen LogP contribution in [0.4, 0.5) is 0 Å². The Labute approximate surface area is 205 Å². The third-order valence-electron chi connectivity index (χ3n) is 7.77. The van der Waals surface area contributed by atoms with Gasteiger partial charge in [-0.05, 0) is 118 Å². The number of benzene rings is 2. The van der Waals surface area contributed by atoms with Crippen molar-refractivity contribution in [3.8, 4) is 11.5 Å². The van der Waals surface area contributed by atoms with Gasteiger partial charge >= 0.3 is 0 Å². The van der Waals surface area contributed by atoms with Gasteiger partial charge in [0.1, 0.15) is 0 Å². The van der Waals surface area contributed by atoms with Crippen LogP contribution in [0.25, 0.3) is 0 Å². The van der Waals surface area contributed by atoms with E-state index in [0.29, 0.717) is 12.3 Å². The number of ether oxygens (including phenoxy) is 2. The average Bonchev–Trinajstić information content (AvgIpc) is 3.16. The van der Waals surface area contributed by atoms with Crippen molar-refractivity contribution < 1.29 is 14.3 Å². The smallest absolute Gasteiger partial charge is 0.227 e. The normalized spacial score (nSPS) is 15.9. The van der Waals surface area contributed by atoms with Crippen LogP contribution >= 0.6 is 0 Å². The summed E-state index contributed by atoms with van der Waals surface area (Å²) in [6, 6.07) is 8.80. The Morgan fingerprint density at radius 3 is 2.15 bits per heavy atom. The highest BCUT2D eigenvalue weighted by Gasteiger charge is 2.24. The first-order chi connectivity index (χ1) is 16.4. The van der Waals surface area contributed by atoms with Gasteiger partial charge in [0, 0.05) is 13.1 Å². The number of rotatable bonds is 9. The molecule has 2 aliphatic rings. The highest BCUT2D eigenvalue weighted by atomic mass is 16.5. The van der Waals surface area contributed by atoms with Gasteiger partial charge in [0.2, 0.25) is 5.91 Å². The number of carbonyl (C=O) groups is 1. The molecule has 1 aliphatic carbocycles. The van der Waals surface area contributed by atoms with E-state index in [1.54, 1.807) is 14.2 Å². The highest BCUT2D eigenvalue weighted by molar-refractivity contribution is 5.80. The molecule has 0 radical (unpaired) electrons. The minimum Gasteiger partial charge on any atom is -0.493 e. The van der Waals surface area contributed by atoms with E-state index in [4.69, 9.17) is 9.47 Å². The standard InChI is InChI=1S/C29H40N2O3/c1-20-13-23-8-12-31(29(32)19-24(23)14-21(20)2)10-6-9-30(3)11-7-22-15-25-17-27(33-4)28(34-5)18-26(25)16-22/h13-14,17-18,22H,6-12,15-16,19H2,1-5H3. The van der Waals surface area contributed by atoms with E-state index in [0.717, 1.165) is 63.4 Å². The number of methoxy groups -OCH3 is 2. The van der Waals surface area contributed by atoms with Crippen molar-refractivity contribution in [3.63, 3.8) is 0 Å². The van der Waals surface area contributed by atoms with Crippen molar-refractivity contribution in [1.29, 1.82) is 0 Å². The zero-order valence-corrected chi connectivity index (χ0v) is 21.6. The van der Waals surface area contributed by atoms with Gasteiger partial charge in [0.05, 0.1) is 20.6 Å². The van der Waals surface area contributed by atoms with Gasteiger partial charge in [0.25, 0.3) is 0 Å².